The summed E-state index contributed by atoms with van der Waals surface area (Å²) in [6.07, 6.45) is 4.80. The number of rotatable bonds is 2. The third-order valence-corrected chi connectivity index (χ3v) is 5.28. The molecule has 2 heterocycles. The van der Waals surface area contributed by atoms with Crippen molar-refractivity contribution in [2.24, 2.45) is 0 Å². The summed E-state index contributed by atoms with van der Waals surface area (Å²) >= 11 is 1.52. The van der Waals surface area contributed by atoms with Crippen LogP contribution in [0, 0.1) is 11.3 Å². The van der Waals surface area contributed by atoms with Crippen LogP contribution < -0.4 is 5.32 Å². The number of anilines is 1. The van der Waals surface area contributed by atoms with E-state index in [9.17, 15) is 10.1 Å². The van der Waals surface area contributed by atoms with E-state index in [-0.39, 0.29) is 5.91 Å². The van der Waals surface area contributed by atoms with Crippen molar-refractivity contribution in [3.8, 4) is 17.3 Å². The molecule has 1 amide bonds. The Bertz CT molecular complexity index is 865. The van der Waals surface area contributed by atoms with Crippen LogP contribution in [-0.4, -0.2) is 10.9 Å². The Balaban J connectivity index is 1.69. The van der Waals surface area contributed by atoms with E-state index >= 15 is 0 Å². The summed E-state index contributed by atoms with van der Waals surface area (Å²) in [5, 5.41) is 15.1. The maximum Gasteiger partial charge on any atom is 0.228 e. The van der Waals surface area contributed by atoms with Gasteiger partial charge in [-0.3, -0.25) is 4.79 Å². The molecule has 2 aromatic rings. The SMILES string of the molecule is N#CC(=C1CCCC1)c1nc(-c2ccc3c(c2)CC(=O)N3)cs1. The van der Waals surface area contributed by atoms with Gasteiger partial charge in [-0.2, -0.15) is 5.26 Å². The summed E-state index contributed by atoms with van der Waals surface area (Å²) in [5.41, 5.74) is 5.78. The Labute approximate surface area is 138 Å². The average molecular weight is 321 g/mol. The molecule has 0 saturated heterocycles. The molecule has 1 aromatic heterocycles. The Morgan fingerprint density at radius 1 is 1.30 bits per heavy atom. The van der Waals surface area contributed by atoms with Crippen LogP contribution in [0.4, 0.5) is 5.69 Å². The number of hydrogen-bond acceptors (Lipinski definition) is 4. The predicted molar refractivity (Wildman–Crippen MR) is 90.9 cm³/mol. The third kappa shape index (κ3) is 2.55. The summed E-state index contributed by atoms with van der Waals surface area (Å²) < 4.78 is 0. The molecule has 4 nitrogen and oxygen atoms in total. The van der Waals surface area contributed by atoms with E-state index in [0.717, 1.165) is 45.9 Å². The van der Waals surface area contributed by atoms with Gasteiger partial charge in [-0.25, -0.2) is 4.98 Å². The second-order valence-corrected chi connectivity index (χ2v) is 6.79. The van der Waals surface area contributed by atoms with Gasteiger partial charge < -0.3 is 5.32 Å². The number of hydrogen-bond donors (Lipinski definition) is 1. The quantitative estimate of drug-likeness (QED) is 0.845. The van der Waals surface area contributed by atoms with Crippen LogP contribution >= 0.6 is 11.3 Å². The highest BCUT2D eigenvalue weighted by Crippen LogP contribution is 2.35. The number of fused-ring (bicyclic) bond motifs is 1. The zero-order valence-corrected chi connectivity index (χ0v) is 13.4. The van der Waals surface area contributed by atoms with Crippen molar-refractivity contribution in [1.29, 1.82) is 5.26 Å². The molecule has 2 aliphatic rings. The van der Waals surface area contributed by atoms with E-state index in [0.29, 0.717) is 6.42 Å². The second-order valence-electron chi connectivity index (χ2n) is 5.93. The van der Waals surface area contributed by atoms with Gasteiger partial charge in [0.2, 0.25) is 5.91 Å². The zero-order chi connectivity index (χ0) is 15.8. The van der Waals surface area contributed by atoms with Gasteiger partial charge in [-0.15, -0.1) is 11.3 Å². The van der Waals surface area contributed by atoms with Crippen molar-refractivity contribution in [1.82, 2.24) is 4.98 Å². The molecule has 23 heavy (non-hydrogen) atoms. The first-order valence-corrected chi connectivity index (χ1v) is 8.64. The minimum absolute atomic E-state index is 0.0360. The normalized spacial score (nSPS) is 16.1. The van der Waals surface area contributed by atoms with E-state index in [1.165, 1.54) is 29.8 Å². The lowest BCUT2D eigenvalue weighted by atomic mass is 10.1. The van der Waals surface area contributed by atoms with Gasteiger partial charge in [-0.05, 0) is 49.0 Å². The van der Waals surface area contributed by atoms with E-state index in [4.69, 9.17) is 0 Å². The Morgan fingerprint density at radius 2 is 2.13 bits per heavy atom. The van der Waals surface area contributed by atoms with Crippen LogP contribution in [0.25, 0.3) is 16.8 Å². The standard InChI is InChI=1S/C18H15N3OS/c19-9-14(11-3-1-2-4-11)18-21-16(10-23-18)12-5-6-15-13(7-12)8-17(22)20-15/h5-7,10H,1-4,8H2,(H,20,22). The van der Waals surface area contributed by atoms with Crippen molar-refractivity contribution in [3.05, 3.63) is 39.7 Å². The van der Waals surface area contributed by atoms with Crippen molar-refractivity contribution < 1.29 is 4.79 Å². The number of thiazole rings is 1. The Morgan fingerprint density at radius 3 is 2.91 bits per heavy atom. The lowest BCUT2D eigenvalue weighted by Crippen LogP contribution is -2.03. The summed E-state index contributed by atoms with van der Waals surface area (Å²) in [7, 11) is 0. The number of carbonyl (C=O) groups excluding carboxylic acids is 1. The molecule has 0 atom stereocenters. The molecule has 5 heteroatoms. The molecule has 1 fully saturated rings. The molecular formula is C18H15N3OS. The van der Waals surface area contributed by atoms with Gasteiger partial charge >= 0.3 is 0 Å². The van der Waals surface area contributed by atoms with Crippen molar-refractivity contribution in [3.63, 3.8) is 0 Å². The lowest BCUT2D eigenvalue weighted by Gasteiger charge is -2.02. The number of aromatic nitrogens is 1. The fourth-order valence-electron chi connectivity index (χ4n) is 3.24. The molecule has 0 unspecified atom stereocenters. The van der Waals surface area contributed by atoms with Gasteiger partial charge in [0.1, 0.15) is 11.1 Å². The maximum atomic E-state index is 11.5. The number of nitriles is 1. The third-order valence-electron chi connectivity index (χ3n) is 4.42. The lowest BCUT2D eigenvalue weighted by molar-refractivity contribution is -0.115. The average Bonchev–Trinajstić information content (AvgIpc) is 3.26. The van der Waals surface area contributed by atoms with Crippen molar-refractivity contribution >= 4 is 28.5 Å². The van der Waals surface area contributed by atoms with E-state index < -0.39 is 0 Å². The molecule has 1 saturated carbocycles. The molecular weight excluding hydrogens is 306 g/mol. The molecule has 114 valence electrons. The fraction of sp³-hybridized carbons (Fsp3) is 0.278. The summed E-state index contributed by atoms with van der Waals surface area (Å²) in [4.78, 5) is 16.1. The highest BCUT2D eigenvalue weighted by Gasteiger charge is 2.20. The first-order chi connectivity index (χ1) is 11.2. The molecule has 1 aliphatic heterocycles. The van der Waals surface area contributed by atoms with Crippen LogP contribution in [0.3, 0.4) is 0 Å². The zero-order valence-electron chi connectivity index (χ0n) is 12.6. The predicted octanol–water partition coefficient (Wildman–Crippen LogP) is 4.16. The number of amides is 1. The monoisotopic (exact) mass is 321 g/mol. The van der Waals surface area contributed by atoms with Crippen LogP contribution in [0.15, 0.2) is 29.2 Å². The van der Waals surface area contributed by atoms with Crippen molar-refractivity contribution in [2.45, 2.75) is 32.1 Å². The summed E-state index contributed by atoms with van der Waals surface area (Å²) in [6.45, 7) is 0. The molecule has 1 aliphatic carbocycles. The van der Waals surface area contributed by atoms with Crippen LogP contribution in [0.1, 0.15) is 36.3 Å². The molecule has 1 aromatic carbocycles. The number of benzene rings is 1. The number of allylic oxidation sites excluding steroid dienone is 2. The van der Waals surface area contributed by atoms with Gasteiger partial charge in [0.05, 0.1) is 17.7 Å². The van der Waals surface area contributed by atoms with Crippen LogP contribution in [0.5, 0.6) is 0 Å². The maximum absolute atomic E-state index is 11.5. The number of carbonyl (C=O) groups is 1. The highest BCUT2D eigenvalue weighted by atomic mass is 32.1. The minimum atomic E-state index is 0.0360. The topological polar surface area (TPSA) is 65.8 Å². The van der Waals surface area contributed by atoms with E-state index in [2.05, 4.69) is 16.4 Å². The van der Waals surface area contributed by atoms with Crippen molar-refractivity contribution in [2.75, 3.05) is 5.32 Å². The minimum Gasteiger partial charge on any atom is -0.326 e. The van der Waals surface area contributed by atoms with Gasteiger partial charge in [-0.1, -0.05) is 6.07 Å². The molecule has 1 N–H and O–H groups in total. The largest absolute Gasteiger partial charge is 0.326 e. The van der Waals surface area contributed by atoms with Gasteiger partial charge in [0, 0.05) is 16.6 Å². The molecule has 0 spiro atoms. The summed E-state index contributed by atoms with van der Waals surface area (Å²) in [5.74, 6) is 0.0360. The molecule has 0 bridgehead atoms. The van der Waals surface area contributed by atoms with Crippen LogP contribution in [0.2, 0.25) is 0 Å². The van der Waals surface area contributed by atoms with E-state index in [1.807, 2.05) is 23.6 Å². The molecule has 4 rings (SSSR count). The van der Waals surface area contributed by atoms with Crippen LogP contribution in [-0.2, 0) is 11.2 Å². The second kappa shape index (κ2) is 5.64. The highest BCUT2D eigenvalue weighted by molar-refractivity contribution is 7.11. The molecule has 0 radical (unpaired) electrons. The van der Waals surface area contributed by atoms with E-state index in [1.54, 1.807) is 0 Å². The number of nitrogens with one attached hydrogen (secondary N) is 1. The fourth-order valence-corrected chi connectivity index (χ4v) is 4.11. The first kappa shape index (κ1) is 14.2. The van der Waals surface area contributed by atoms with Gasteiger partial charge in [0.15, 0.2) is 0 Å². The summed E-state index contributed by atoms with van der Waals surface area (Å²) in [6, 6.07) is 8.26. The number of nitrogens with zero attached hydrogens (tertiary/aromatic N) is 2. The Hall–Kier alpha value is -2.45. The van der Waals surface area contributed by atoms with Gasteiger partial charge in [0.25, 0.3) is 0 Å². The first-order valence-electron chi connectivity index (χ1n) is 7.76. The Kier molecular flexibility index (Phi) is 3.47. The smallest absolute Gasteiger partial charge is 0.228 e.